The smallest absolute Gasteiger partial charge is 0.252 e. The molecule has 0 fully saturated rings. The molecule has 3 N–H and O–H groups in total. The molecular weight excluding hydrogens is 378 g/mol. The van der Waals surface area contributed by atoms with Gasteiger partial charge in [-0.2, -0.15) is 0 Å². The highest BCUT2D eigenvalue weighted by Crippen LogP contribution is 2.45. The van der Waals surface area contributed by atoms with Crippen molar-refractivity contribution in [3.63, 3.8) is 0 Å². The summed E-state index contributed by atoms with van der Waals surface area (Å²) in [5, 5.41) is 28.7. The summed E-state index contributed by atoms with van der Waals surface area (Å²) in [6.45, 7) is 1.09. The predicted molar refractivity (Wildman–Crippen MR) is 116 cm³/mol. The largest absolute Gasteiger partial charge is 0.388 e. The van der Waals surface area contributed by atoms with E-state index in [4.69, 9.17) is 0 Å². The van der Waals surface area contributed by atoms with E-state index in [2.05, 4.69) is 20.5 Å². The first-order chi connectivity index (χ1) is 14.6. The van der Waals surface area contributed by atoms with Crippen molar-refractivity contribution >= 4 is 49.5 Å². The van der Waals surface area contributed by atoms with Crippen LogP contribution in [0.4, 0.5) is 0 Å². The number of benzene rings is 3. The van der Waals surface area contributed by atoms with Crippen LogP contribution in [0.2, 0.25) is 0 Å². The summed E-state index contributed by atoms with van der Waals surface area (Å²) in [5.74, 6) is -0.0470. The number of aromatic nitrogens is 2. The standard InChI is InChI=1S/C24H19N3O3/c28-17-10-26-15-7-3-1-5-12(15)19-14-9-25-24(30)21(14)20-13-6-2-4-8-16(13)27(11-18(17)29)23(20)22(19)26/h1-8,17-18,28-29H,9-11H2,(H,25,30)/t17-,18-/m0/s1. The Labute approximate surface area is 170 Å². The first kappa shape index (κ1) is 16.4. The molecule has 2 aromatic heterocycles. The number of hydrogen-bond donors (Lipinski definition) is 3. The fourth-order valence-electron chi connectivity index (χ4n) is 5.61. The van der Waals surface area contributed by atoms with Crippen molar-refractivity contribution in [2.45, 2.75) is 31.8 Å². The normalized spacial score (nSPS) is 20.9. The van der Waals surface area contributed by atoms with Crippen LogP contribution in [-0.4, -0.2) is 37.5 Å². The van der Waals surface area contributed by atoms with Gasteiger partial charge in [0, 0.05) is 39.1 Å². The Morgan fingerprint density at radius 3 is 1.97 bits per heavy atom. The summed E-state index contributed by atoms with van der Waals surface area (Å²) in [7, 11) is 0. The van der Waals surface area contributed by atoms with Crippen LogP contribution in [0.3, 0.4) is 0 Å². The number of carbonyl (C=O) groups is 1. The lowest BCUT2D eigenvalue weighted by Crippen LogP contribution is -2.35. The molecule has 2 aliphatic heterocycles. The van der Waals surface area contributed by atoms with Gasteiger partial charge in [-0.15, -0.1) is 0 Å². The van der Waals surface area contributed by atoms with Crippen molar-refractivity contribution < 1.29 is 15.0 Å². The van der Waals surface area contributed by atoms with Gasteiger partial charge >= 0.3 is 0 Å². The zero-order chi connectivity index (χ0) is 20.1. The zero-order valence-electron chi connectivity index (χ0n) is 16.1. The number of para-hydroxylation sites is 2. The third-order valence-electron chi connectivity index (χ3n) is 6.86. The number of aliphatic hydroxyl groups excluding tert-OH is 2. The average Bonchev–Trinajstić information content (AvgIpc) is 3.39. The van der Waals surface area contributed by atoms with Crippen molar-refractivity contribution in [3.05, 3.63) is 59.7 Å². The van der Waals surface area contributed by atoms with Crippen molar-refractivity contribution in [3.8, 4) is 0 Å². The molecule has 1 amide bonds. The molecule has 2 atom stereocenters. The first-order valence-electron chi connectivity index (χ1n) is 10.3. The summed E-state index contributed by atoms with van der Waals surface area (Å²) in [4.78, 5) is 13.0. The minimum atomic E-state index is -0.907. The van der Waals surface area contributed by atoms with E-state index in [0.717, 1.165) is 54.7 Å². The van der Waals surface area contributed by atoms with Gasteiger partial charge in [-0.05, 0) is 17.7 Å². The van der Waals surface area contributed by atoms with Gasteiger partial charge in [0.05, 0.1) is 41.9 Å². The molecule has 5 aromatic rings. The molecule has 0 radical (unpaired) electrons. The second kappa shape index (κ2) is 5.41. The fraction of sp³-hybridized carbons (Fsp3) is 0.208. The molecule has 4 heterocycles. The number of aliphatic hydroxyl groups is 2. The van der Waals surface area contributed by atoms with Crippen LogP contribution >= 0.6 is 0 Å². The molecule has 30 heavy (non-hydrogen) atoms. The van der Waals surface area contributed by atoms with E-state index in [1.807, 2.05) is 42.5 Å². The molecule has 6 heteroatoms. The van der Waals surface area contributed by atoms with E-state index in [9.17, 15) is 15.0 Å². The minimum absolute atomic E-state index is 0.0470. The van der Waals surface area contributed by atoms with Gasteiger partial charge in [0.25, 0.3) is 5.91 Å². The maximum absolute atomic E-state index is 13.0. The Hall–Kier alpha value is -3.35. The van der Waals surface area contributed by atoms with Crippen molar-refractivity contribution in [2.24, 2.45) is 0 Å². The number of nitrogens with zero attached hydrogens (tertiary/aromatic N) is 2. The third kappa shape index (κ3) is 1.79. The minimum Gasteiger partial charge on any atom is -0.388 e. The highest BCUT2D eigenvalue weighted by molar-refractivity contribution is 6.30. The predicted octanol–water partition coefficient (Wildman–Crippen LogP) is 2.88. The van der Waals surface area contributed by atoms with E-state index >= 15 is 0 Å². The maximum Gasteiger partial charge on any atom is 0.252 e. The molecule has 0 spiro atoms. The van der Waals surface area contributed by atoms with Gasteiger partial charge in [0.15, 0.2) is 0 Å². The number of carbonyl (C=O) groups excluding carboxylic acids is 1. The van der Waals surface area contributed by atoms with Crippen LogP contribution < -0.4 is 5.32 Å². The van der Waals surface area contributed by atoms with Gasteiger partial charge in [0.1, 0.15) is 0 Å². The highest BCUT2D eigenvalue weighted by Gasteiger charge is 2.34. The molecule has 0 aliphatic carbocycles. The van der Waals surface area contributed by atoms with Gasteiger partial charge in [-0.1, -0.05) is 36.4 Å². The quantitative estimate of drug-likeness (QED) is 0.376. The van der Waals surface area contributed by atoms with E-state index < -0.39 is 12.2 Å². The Bertz CT molecular complexity index is 1560. The van der Waals surface area contributed by atoms with Gasteiger partial charge in [0.2, 0.25) is 0 Å². The Kier molecular flexibility index (Phi) is 2.97. The van der Waals surface area contributed by atoms with E-state index in [-0.39, 0.29) is 12.5 Å². The lowest BCUT2D eigenvalue weighted by molar-refractivity contribution is 0.00168. The number of fused-ring (bicyclic) bond motifs is 9. The van der Waals surface area contributed by atoms with Gasteiger partial charge in [-0.3, -0.25) is 4.79 Å². The first-order valence-corrected chi connectivity index (χ1v) is 10.3. The highest BCUT2D eigenvalue weighted by atomic mass is 16.3. The van der Waals surface area contributed by atoms with Crippen LogP contribution in [0, 0.1) is 0 Å². The van der Waals surface area contributed by atoms with Crippen molar-refractivity contribution in [1.82, 2.24) is 14.5 Å². The molecule has 0 saturated heterocycles. The van der Waals surface area contributed by atoms with Crippen LogP contribution in [0.15, 0.2) is 48.5 Å². The Morgan fingerprint density at radius 2 is 1.33 bits per heavy atom. The van der Waals surface area contributed by atoms with Gasteiger partial charge in [-0.25, -0.2) is 0 Å². The SMILES string of the molecule is O=C1NCc2c1c1c3ccccc3n3c1c1c2c2ccccc2n1C[C@H](O)[C@@H](O)C3. The molecule has 0 unspecified atom stereocenters. The molecule has 2 aliphatic rings. The number of rotatable bonds is 0. The molecular formula is C24H19N3O3. The van der Waals surface area contributed by atoms with Crippen LogP contribution in [-0.2, 0) is 19.6 Å². The van der Waals surface area contributed by atoms with Crippen LogP contribution in [0.1, 0.15) is 15.9 Å². The summed E-state index contributed by atoms with van der Waals surface area (Å²) in [6.07, 6.45) is -1.79. The van der Waals surface area contributed by atoms with Crippen LogP contribution in [0.5, 0.6) is 0 Å². The maximum atomic E-state index is 13.0. The Balaban J connectivity index is 1.88. The lowest BCUT2D eigenvalue weighted by atomic mass is 9.97. The lowest BCUT2D eigenvalue weighted by Gasteiger charge is -2.24. The van der Waals surface area contributed by atoms with Crippen molar-refractivity contribution in [2.75, 3.05) is 0 Å². The van der Waals surface area contributed by atoms with Crippen molar-refractivity contribution in [1.29, 1.82) is 0 Å². The molecule has 0 saturated carbocycles. The second-order valence-electron chi connectivity index (χ2n) is 8.37. The topological polar surface area (TPSA) is 79.4 Å². The molecule has 148 valence electrons. The second-order valence-corrected chi connectivity index (χ2v) is 8.37. The number of amides is 1. The van der Waals surface area contributed by atoms with E-state index in [1.54, 1.807) is 0 Å². The molecule has 7 rings (SSSR count). The molecule has 0 bridgehead atoms. The Morgan fingerprint density at radius 1 is 0.800 bits per heavy atom. The number of nitrogens with one attached hydrogen (secondary N) is 1. The summed E-state index contributed by atoms with van der Waals surface area (Å²) in [6, 6.07) is 16.1. The van der Waals surface area contributed by atoms with Crippen LogP contribution in [0.25, 0.3) is 43.6 Å². The van der Waals surface area contributed by atoms with E-state index in [0.29, 0.717) is 13.1 Å². The van der Waals surface area contributed by atoms with E-state index in [1.165, 1.54) is 0 Å². The monoisotopic (exact) mass is 397 g/mol. The average molecular weight is 397 g/mol. The summed E-state index contributed by atoms with van der Waals surface area (Å²) >= 11 is 0. The molecule has 6 nitrogen and oxygen atoms in total. The summed E-state index contributed by atoms with van der Waals surface area (Å²) in [5.41, 5.74) is 5.73. The fourth-order valence-corrected chi connectivity index (χ4v) is 5.61. The number of hydrogen-bond acceptors (Lipinski definition) is 3. The summed E-state index contributed by atoms with van der Waals surface area (Å²) < 4.78 is 4.21. The van der Waals surface area contributed by atoms with Gasteiger partial charge < -0.3 is 24.7 Å². The zero-order valence-corrected chi connectivity index (χ0v) is 16.1. The molecule has 3 aromatic carbocycles. The third-order valence-corrected chi connectivity index (χ3v) is 6.86.